The molecule has 0 saturated carbocycles. The molecule has 0 heterocycles. The zero-order valence-corrected chi connectivity index (χ0v) is 12.4. The standard InChI is InChI=1S/C15H27F3O2/c1-3-5-7-8-12(14(20)15(16,17)18)10-11-13(19)9-6-4-2/h8,13-14,19-20H,3-7,9-11H2,1-2H3/b12-8+. The van der Waals surface area contributed by atoms with E-state index in [-0.39, 0.29) is 18.4 Å². The number of hydrogen-bond acceptors (Lipinski definition) is 2. The highest BCUT2D eigenvalue weighted by Gasteiger charge is 2.40. The van der Waals surface area contributed by atoms with Crippen molar-refractivity contribution in [1.82, 2.24) is 0 Å². The Hall–Kier alpha value is -0.550. The van der Waals surface area contributed by atoms with Crippen molar-refractivity contribution in [3.63, 3.8) is 0 Å². The van der Waals surface area contributed by atoms with Crippen LogP contribution in [0.2, 0.25) is 0 Å². The Morgan fingerprint density at radius 3 is 2.15 bits per heavy atom. The number of alkyl halides is 3. The molecule has 0 amide bonds. The summed E-state index contributed by atoms with van der Waals surface area (Å²) in [6.07, 6.45) is -1.16. The molecule has 0 rings (SSSR count). The first-order valence-electron chi connectivity index (χ1n) is 7.44. The van der Waals surface area contributed by atoms with Crippen LogP contribution in [0, 0.1) is 0 Å². The molecule has 20 heavy (non-hydrogen) atoms. The zero-order chi connectivity index (χ0) is 15.6. The summed E-state index contributed by atoms with van der Waals surface area (Å²) in [6, 6.07) is 0. The lowest BCUT2D eigenvalue weighted by molar-refractivity contribution is -0.192. The third-order valence-electron chi connectivity index (χ3n) is 3.28. The summed E-state index contributed by atoms with van der Waals surface area (Å²) in [5.74, 6) is 0. The molecular weight excluding hydrogens is 269 g/mol. The Labute approximate surface area is 119 Å². The average Bonchev–Trinajstić information content (AvgIpc) is 2.38. The van der Waals surface area contributed by atoms with Gasteiger partial charge in [0.1, 0.15) is 0 Å². The fourth-order valence-corrected chi connectivity index (χ4v) is 1.97. The first kappa shape index (κ1) is 19.4. The van der Waals surface area contributed by atoms with Gasteiger partial charge in [0, 0.05) is 0 Å². The Kier molecular flexibility index (Phi) is 9.94. The van der Waals surface area contributed by atoms with Gasteiger partial charge in [-0.15, -0.1) is 0 Å². The quantitative estimate of drug-likeness (QED) is 0.464. The van der Waals surface area contributed by atoms with E-state index in [2.05, 4.69) is 0 Å². The van der Waals surface area contributed by atoms with Crippen molar-refractivity contribution in [2.45, 2.75) is 83.6 Å². The van der Waals surface area contributed by atoms with Gasteiger partial charge in [0.2, 0.25) is 0 Å². The maximum Gasteiger partial charge on any atom is 0.418 e. The van der Waals surface area contributed by atoms with Gasteiger partial charge < -0.3 is 10.2 Å². The SMILES string of the molecule is CCCC/C=C(\CCC(O)CCCC)C(O)C(F)(F)F. The molecule has 120 valence electrons. The van der Waals surface area contributed by atoms with Crippen LogP contribution < -0.4 is 0 Å². The molecule has 5 heteroatoms. The van der Waals surface area contributed by atoms with E-state index in [4.69, 9.17) is 0 Å². The van der Waals surface area contributed by atoms with E-state index in [1.54, 1.807) is 0 Å². The number of halogens is 3. The Morgan fingerprint density at radius 2 is 1.65 bits per heavy atom. The van der Waals surface area contributed by atoms with Gasteiger partial charge in [0.05, 0.1) is 6.10 Å². The number of allylic oxidation sites excluding steroid dienone is 1. The summed E-state index contributed by atoms with van der Waals surface area (Å²) >= 11 is 0. The molecule has 0 saturated heterocycles. The fourth-order valence-electron chi connectivity index (χ4n) is 1.97. The minimum Gasteiger partial charge on any atom is -0.393 e. The van der Waals surface area contributed by atoms with Crippen molar-refractivity contribution in [2.75, 3.05) is 0 Å². The van der Waals surface area contributed by atoms with Crippen LogP contribution in [0.25, 0.3) is 0 Å². The summed E-state index contributed by atoms with van der Waals surface area (Å²) in [6.45, 7) is 3.96. The molecule has 2 unspecified atom stereocenters. The van der Waals surface area contributed by atoms with E-state index in [1.165, 1.54) is 6.08 Å². The first-order valence-corrected chi connectivity index (χ1v) is 7.44. The average molecular weight is 296 g/mol. The molecule has 0 aliphatic heterocycles. The summed E-state index contributed by atoms with van der Waals surface area (Å²) in [5, 5.41) is 19.1. The summed E-state index contributed by atoms with van der Waals surface area (Å²) < 4.78 is 37.7. The van der Waals surface area contributed by atoms with Crippen molar-refractivity contribution in [3.8, 4) is 0 Å². The Bertz CT molecular complexity index is 275. The van der Waals surface area contributed by atoms with Gasteiger partial charge in [-0.2, -0.15) is 13.2 Å². The smallest absolute Gasteiger partial charge is 0.393 e. The predicted octanol–water partition coefficient (Wildman–Crippen LogP) is 4.36. The molecule has 0 bridgehead atoms. The van der Waals surface area contributed by atoms with Gasteiger partial charge in [-0.05, 0) is 31.3 Å². The van der Waals surface area contributed by atoms with Crippen LogP contribution in [0.4, 0.5) is 13.2 Å². The van der Waals surface area contributed by atoms with Gasteiger partial charge >= 0.3 is 6.18 Å². The number of aliphatic hydroxyl groups excluding tert-OH is 2. The Balaban J connectivity index is 4.50. The van der Waals surface area contributed by atoms with E-state index >= 15 is 0 Å². The zero-order valence-electron chi connectivity index (χ0n) is 12.4. The van der Waals surface area contributed by atoms with E-state index in [0.29, 0.717) is 12.8 Å². The number of rotatable bonds is 10. The molecule has 0 radical (unpaired) electrons. The van der Waals surface area contributed by atoms with Crippen molar-refractivity contribution < 1.29 is 23.4 Å². The largest absolute Gasteiger partial charge is 0.418 e. The number of unbranched alkanes of at least 4 members (excludes halogenated alkanes) is 3. The molecule has 2 N–H and O–H groups in total. The third kappa shape index (κ3) is 8.59. The maximum absolute atomic E-state index is 12.6. The van der Waals surface area contributed by atoms with Crippen LogP contribution in [-0.4, -0.2) is 28.6 Å². The van der Waals surface area contributed by atoms with E-state index < -0.39 is 18.4 Å². The van der Waals surface area contributed by atoms with Gasteiger partial charge in [-0.25, -0.2) is 0 Å². The molecule has 0 fully saturated rings. The molecule has 0 aliphatic rings. The molecule has 0 spiro atoms. The fraction of sp³-hybridized carbons (Fsp3) is 0.867. The topological polar surface area (TPSA) is 40.5 Å². The minimum atomic E-state index is -4.63. The van der Waals surface area contributed by atoms with Crippen LogP contribution in [-0.2, 0) is 0 Å². The van der Waals surface area contributed by atoms with Gasteiger partial charge in [-0.3, -0.25) is 0 Å². The second kappa shape index (κ2) is 10.2. The number of hydrogen-bond donors (Lipinski definition) is 2. The Morgan fingerprint density at radius 1 is 1.05 bits per heavy atom. The van der Waals surface area contributed by atoms with Gasteiger partial charge in [0.15, 0.2) is 6.10 Å². The van der Waals surface area contributed by atoms with Crippen LogP contribution in [0.3, 0.4) is 0 Å². The van der Waals surface area contributed by atoms with Crippen molar-refractivity contribution in [2.24, 2.45) is 0 Å². The van der Waals surface area contributed by atoms with E-state index in [0.717, 1.165) is 25.7 Å². The molecule has 2 atom stereocenters. The van der Waals surface area contributed by atoms with Crippen molar-refractivity contribution in [3.05, 3.63) is 11.6 Å². The monoisotopic (exact) mass is 296 g/mol. The second-order valence-electron chi connectivity index (χ2n) is 5.20. The lowest BCUT2D eigenvalue weighted by Gasteiger charge is -2.19. The molecule has 0 aromatic heterocycles. The van der Waals surface area contributed by atoms with Crippen LogP contribution in [0.1, 0.15) is 65.2 Å². The lowest BCUT2D eigenvalue weighted by Crippen LogP contribution is -2.31. The van der Waals surface area contributed by atoms with E-state index in [9.17, 15) is 23.4 Å². The van der Waals surface area contributed by atoms with Crippen molar-refractivity contribution in [1.29, 1.82) is 0 Å². The number of aliphatic hydroxyl groups is 2. The summed E-state index contributed by atoms with van der Waals surface area (Å²) in [4.78, 5) is 0. The highest BCUT2D eigenvalue weighted by molar-refractivity contribution is 5.10. The van der Waals surface area contributed by atoms with Crippen LogP contribution >= 0.6 is 0 Å². The molecular formula is C15H27F3O2. The predicted molar refractivity (Wildman–Crippen MR) is 74.4 cm³/mol. The maximum atomic E-state index is 12.6. The first-order chi connectivity index (χ1) is 9.32. The molecule has 0 aliphatic carbocycles. The molecule has 0 aromatic rings. The summed E-state index contributed by atoms with van der Waals surface area (Å²) in [7, 11) is 0. The lowest BCUT2D eigenvalue weighted by atomic mass is 9.98. The molecule has 0 aromatic carbocycles. The molecule has 2 nitrogen and oxygen atoms in total. The second-order valence-corrected chi connectivity index (χ2v) is 5.20. The highest BCUT2D eigenvalue weighted by atomic mass is 19.4. The highest BCUT2D eigenvalue weighted by Crippen LogP contribution is 2.28. The normalized spacial score (nSPS) is 16.2. The van der Waals surface area contributed by atoms with Crippen molar-refractivity contribution >= 4 is 0 Å². The van der Waals surface area contributed by atoms with Crippen LogP contribution in [0.15, 0.2) is 11.6 Å². The summed E-state index contributed by atoms with van der Waals surface area (Å²) in [5.41, 5.74) is -0.0125. The third-order valence-corrected chi connectivity index (χ3v) is 3.28. The van der Waals surface area contributed by atoms with Gasteiger partial charge in [0.25, 0.3) is 0 Å². The van der Waals surface area contributed by atoms with E-state index in [1.807, 2.05) is 13.8 Å². The van der Waals surface area contributed by atoms with Crippen LogP contribution in [0.5, 0.6) is 0 Å². The minimum absolute atomic E-state index is 0.0125. The van der Waals surface area contributed by atoms with Gasteiger partial charge in [-0.1, -0.05) is 45.6 Å².